The van der Waals surface area contributed by atoms with E-state index >= 15 is 0 Å². The number of aromatic hydroxyl groups is 2. The zero-order valence-electron chi connectivity index (χ0n) is 23.6. The summed E-state index contributed by atoms with van der Waals surface area (Å²) in [5.41, 5.74) is 5.84. The molecule has 0 aliphatic carbocycles. The number of para-hydroxylation sites is 3. The van der Waals surface area contributed by atoms with Crippen LogP contribution in [0.4, 0.5) is 11.4 Å². The normalized spacial score (nSPS) is 11.5. The molecule has 0 aliphatic heterocycles. The van der Waals surface area contributed by atoms with Crippen molar-refractivity contribution >= 4 is 40.6 Å². The van der Waals surface area contributed by atoms with Crippen molar-refractivity contribution in [3.05, 3.63) is 131 Å². The minimum absolute atomic E-state index is 0.0933. The molecular weight excluding hydrogens is 527 g/mol. The van der Waals surface area contributed by atoms with Gasteiger partial charge in [-0.2, -0.15) is 0 Å². The molecule has 41 heavy (non-hydrogen) atoms. The lowest BCUT2D eigenvalue weighted by molar-refractivity contribution is 0.418. The largest absolute Gasteiger partial charge is 0.507 e. The van der Waals surface area contributed by atoms with Gasteiger partial charge in [-0.05, 0) is 74.4 Å². The maximum absolute atomic E-state index is 11.3. The van der Waals surface area contributed by atoms with Crippen LogP contribution in [0.5, 0.6) is 17.2 Å². The number of phenols is 2. The van der Waals surface area contributed by atoms with Crippen LogP contribution in [0.25, 0.3) is 0 Å². The summed E-state index contributed by atoms with van der Waals surface area (Å²) in [5, 5.41) is 24.7. The first-order valence-corrected chi connectivity index (χ1v) is 15.1. The van der Waals surface area contributed by atoms with Crippen LogP contribution in [0.1, 0.15) is 22.3 Å². The molecule has 5 aromatic rings. The smallest absolute Gasteiger partial charge is 0.128 e. The molecule has 0 amide bonds. The second-order valence-corrected chi connectivity index (χ2v) is 12.9. The summed E-state index contributed by atoms with van der Waals surface area (Å²) in [6.45, 7) is 6.22. The molecule has 5 nitrogen and oxygen atoms in total. The minimum Gasteiger partial charge on any atom is -0.507 e. The SMILES string of the molecule is COc1ccccc1P(=Nc1ccccc1C=Nc1c(C)cc(C)cc1C)(c1ccccc1O)c1ccccc1O. The Balaban J connectivity index is 1.88. The van der Waals surface area contributed by atoms with Gasteiger partial charge in [0, 0.05) is 27.7 Å². The lowest BCUT2D eigenvalue weighted by atomic mass is 10.1. The minimum atomic E-state index is -3.11. The van der Waals surface area contributed by atoms with Crippen molar-refractivity contribution in [3.63, 3.8) is 0 Å². The summed E-state index contributed by atoms with van der Waals surface area (Å²) < 4.78 is 11.4. The fourth-order valence-electron chi connectivity index (χ4n) is 5.28. The molecule has 0 aliphatic rings. The average molecular weight is 561 g/mol. The number of benzene rings is 5. The van der Waals surface area contributed by atoms with Crippen molar-refractivity contribution < 1.29 is 14.9 Å². The molecule has 0 bridgehead atoms. The Morgan fingerprint density at radius 2 is 1.17 bits per heavy atom. The van der Waals surface area contributed by atoms with Crippen molar-refractivity contribution in [3.8, 4) is 17.2 Å². The standard InChI is InChI=1S/C35H33N2O3P/c1-24-21-25(2)35(26(3)22-24)36-23-27-13-5-6-14-28(27)37-41(32-18-10-7-15-29(32)38,33-19-11-8-16-30(33)39)34-20-12-9-17-31(34)40-4/h5-23,38-39H,1-4H3. The van der Waals surface area contributed by atoms with E-state index in [0.29, 0.717) is 22.0 Å². The molecule has 5 rings (SSSR count). The quantitative estimate of drug-likeness (QED) is 0.159. The van der Waals surface area contributed by atoms with Crippen LogP contribution in [0.2, 0.25) is 0 Å². The first-order chi connectivity index (χ1) is 19.8. The van der Waals surface area contributed by atoms with E-state index in [4.69, 9.17) is 14.5 Å². The summed E-state index contributed by atoms with van der Waals surface area (Å²) in [7, 11) is -1.49. The van der Waals surface area contributed by atoms with E-state index in [2.05, 4.69) is 32.9 Å². The van der Waals surface area contributed by atoms with Crippen LogP contribution in [-0.2, 0) is 0 Å². The molecule has 0 unspecified atom stereocenters. The lowest BCUT2D eigenvalue weighted by Crippen LogP contribution is -2.27. The van der Waals surface area contributed by atoms with Crippen molar-refractivity contribution in [2.75, 3.05) is 7.11 Å². The molecule has 0 radical (unpaired) electrons. The first-order valence-electron chi connectivity index (χ1n) is 13.4. The molecule has 0 saturated carbocycles. The van der Waals surface area contributed by atoms with Gasteiger partial charge in [-0.3, -0.25) is 9.74 Å². The van der Waals surface area contributed by atoms with E-state index in [-0.39, 0.29) is 11.5 Å². The van der Waals surface area contributed by atoms with Gasteiger partial charge >= 0.3 is 0 Å². The predicted octanol–water partition coefficient (Wildman–Crippen LogP) is 7.59. The number of methoxy groups -OCH3 is 1. The first kappa shape index (κ1) is 27.9. The fraction of sp³-hybridized carbons (Fsp3) is 0.114. The van der Waals surface area contributed by atoms with Gasteiger partial charge in [-0.15, -0.1) is 0 Å². The summed E-state index contributed by atoms with van der Waals surface area (Å²) in [6, 6.07) is 34.2. The Kier molecular flexibility index (Phi) is 8.09. The van der Waals surface area contributed by atoms with E-state index in [1.54, 1.807) is 31.4 Å². The Hall–Kier alpha value is -4.60. The second-order valence-electron chi connectivity index (χ2n) is 9.95. The zero-order valence-corrected chi connectivity index (χ0v) is 24.5. The molecule has 0 fully saturated rings. The number of ether oxygens (including phenoxy) is 1. The van der Waals surface area contributed by atoms with Crippen molar-refractivity contribution in [1.29, 1.82) is 0 Å². The highest BCUT2D eigenvalue weighted by atomic mass is 31.2. The van der Waals surface area contributed by atoms with Crippen LogP contribution in [0.3, 0.4) is 0 Å². The summed E-state index contributed by atoms with van der Waals surface area (Å²) in [5.74, 6) is 0.805. The van der Waals surface area contributed by atoms with Crippen molar-refractivity contribution in [2.45, 2.75) is 20.8 Å². The topological polar surface area (TPSA) is 74.4 Å². The molecule has 0 atom stereocenters. The number of hydrogen-bond donors (Lipinski definition) is 2. The van der Waals surface area contributed by atoms with Crippen molar-refractivity contribution in [1.82, 2.24) is 0 Å². The third-order valence-corrected chi connectivity index (χ3v) is 10.8. The third kappa shape index (κ3) is 5.41. The number of aliphatic imine (C=N–C) groups is 1. The van der Waals surface area contributed by atoms with E-state index in [1.807, 2.05) is 79.0 Å². The van der Waals surface area contributed by atoms with Crippen LogP contribution in [-0.4, -0.2) is 23.5 Å². The van der Waals surface area contributed by atoms with Gasteiger partial charge in [0.25, 0.3) is 0 Å². The Morgan fingerprint density at radius 1 is 0.659 bits per heavy atom. The number of nitrogens with zero attached hydrogens (tertiary/aromatic N) is 2. The highest BCUT2D eigenvalue weighted by Crippen LogP contribution is 2.54. The Morgan fingerprint density at radius 3 is 1.76 bits per heavy atom. The molecule has 0 heterocycles. The predicted molar refractivity (Wildman–Crippen MR) is 171 cm³/mol. The van der Waals surface area contributed by atoms with E-state index in [9.17, 15) is 10.2 Å². The van der Waals surface area contributed by atoms with Gasteiger partial charge in [-0.1, -0.05) is 72.3 Å². The highest BCUT2D eigenvalue weighted by molar-refractivity contribution is 7.88. The van der Waals surface area contributed by atoms with Gasteiger partial charge in [0.2, 0.25) is 0 Å². The number of phenolic OH excluding ortho intramolecular Hbond substituents is 2. The molecule has 2 N–H and O–H groups in total. The van der Waals surface area contributed by atoms with Crippen LogP contribution >= 0.6 is 7.05 Å². The lowest BCUT2D eigenvalue weighted by Gasteiger charge is -2.29. The van der Waals surface area contributed by atoms with Gasteiger partial charge in [0.1, 0.15) is 17.2 Å². The fourth-order valence-corrected chi connectivity index (χ4v) is 9.09. The molecule has 6 heteroatoms. The molecule has 0 saturated heterocycles. The maximum atomic E-state index is 11.3. The summed E-state index contributed by atoms with van der Waals surface area (Å²) in [6.07, 6.45) is 1.84. The summed E-state index contributed by atoms with van der Waals surface area (Å²) in [4.78, 5) is 4.90. The van der Waals surface area contributed by atoms with Crippen molar-refractivity contribution in [2.24, 2.45) is 9.74 Å². The summed E-state index contributed by atoms with van der Waals surface area (Å²) >= 11 is 0. The van der Waals surface area contributed by atoms with Gasteiger partial charge < -0.3 is 14.9 Å². The van der Waals surface area contributed by atoms with Crippen LogP contribution < -0.4 is 20.7 Å². The van der Waals surface area contributed by atoms with E-state index < -0.39 is 7.05 Å². The second kappa shape index (κ2) is 11.9. The maximum Gasteiger partial charge on any atom is 0.128 e. The molecule has 0 spiro atoms. The third-order valence-electron chi connectivity index (χ3n) is 7.06. The van der Waals surface area contributed by atoms with E-state index in [0.717, 1.165) is 27.7 Å². The Bertz CT molecular complexity index is 1740. The zero-order chi connectivity index (χ0) is 29.0. The van der Waals surface area contributed by atoms with E-state index in [1.165, 1.54) is 5.56 Å². The van der Waals surface area contributed by atoms with Crippen LogP contribution in [0, 0.1) is 20.8 Å². The number of hydrogen-bond acceptors (Lipinski definition) is 5. The Labute approximate surface area is 241 Å². The van der Waals surface area contributed by atoms with Crippen LogP contribution in [0.15, 0.2) is 119 Å². The average Bonchev–Trinajstić information content (AvgIpc) is 2.97. The monoisotopic (exact) mass is 560 g/mol. The molecular formula is C35H33N2O3P. The van der Waals surface area contributed by atoms with Gasteiger partial charge in [0.05, 0.1) is 25.5 Å². The van der Waals surface area contributed by atoms with Gasteiger partial charge in [-0.25, -0.2) is 0 Å². The molecule has 0 aromatic heterocycles. The van der Waals surface area contributed by atoms with Gasteiger partial charge in [0.15, 0.2) is 0 Å². The number of rotatable bonds is 7. The number of aryl methyl sites for hydroxylation is 3. The molecule has 206 valence electrons. The molecule has 5 aromatic carbocycles. The highest BCUT2D eigenvalue weighted by Gasteiger charge is 2.35.